The lowest BCUT2D eigenvalue weighted by molar-refractivity contribution is -0.144. The summed E-state index contributed by atoms with van der Waals surface area (Å²) in [4.78, 5) is 24.9. The largest absolute Gasteiger partial charge is 0.466 e. The smallest absolute Gasteiger partial charge is 0.308 e. The Balaban J connectivity index is 2.51. The topological polar surface area (TPSA) is 75.6 Å². The van der Waals surface area contributed by atoms with Gasteiger partial charge in [0.25, 0.3) is 0 Å². The summed E-state index contributed by atoms with van der Waals surface area (Å²) < 4.78 is 20.2. The molecule has 0 saturated carbocycles. The van der Waals surface area contributed by atoms with Crippen LogP contribution in [0.4, 0.5) is 4.39 Å². The molecule has 5 nitrogen and oxygen atoms in total. The second kappa shape index (κ2) is 14.3. The van der Waals surface area contributed by atoms with E-state index in [0.29, 0.717) is 0 Å². The molecule has 36 heavy (non-hydrogen) atoms. The van der Waals surface area contributed by atoms with Crippen molar-refractivity contribution < 1.29 is 23.8 Å². The molecule has 2 aromatic rings. The predicted octanol–water partition coefficient (Wildman–Crippen LogP) is 6.06. The van der Waals surface area contributed by atoms with Crippen LogP contribution in [0, 0.1) is 19.7 Å². The molecule has 2 atom stereocenters. The van der Waals surface area contributed by atoms with Gasteiger partial charge in [0.05, 0.1) is 19.1 Å². The minimum absolute atomic E-state index is 0.0399. The molecule has 0 aliphatic rings. The maximum Gasteiger partial charge on any atom is 0.308 e. The van der Waals surface area contributed by atoms with E-state index in [1.807, 2.05) is 13.0 Å². The summed E-state index contributed by atoms with van der Waals surface area (Å²) in [6.07, 6.45) is 5.62. The Hall–Kier alpha value is -3.25. The van der Waals surface area contributed by atoms with E-state index < -0.39 is 29.8 Å². The van der Waals surface area contributed by atoms with E-state index in [0.717, 1.165) is 47.9 Å². The Kier molecular flexibility index (Phi) is 11.5. The molecule has 194 valence electrons. The van der Waals surface area contributed by atoms with Crippen molar-refractivity contribution in [1.29, 1.82) is 0 Å². The van der Waals surface area contributed by atoms with Crippen LogP contribution in [0.2, 0.25) is 0 Å². The SMILES string of the molecule is C=CCCCCc1cc(C)cc(C)c1-c1ccc(F)c([C@H](CC(=O)OCC)NC(=O)[C@H](O)CC=C)c1. The number of rotatable bonds is 14. The first-order chi connectivity index (χ1) is 17.2. The van der Waals surface area contributed by atoms with Gasteiger partial charge in [-0.3, -0.25) is 9.59 Å². The van der Waals surface area contributed by atoms with Crippen molar-refractivity contribution in [3.05, 3.63) is 83.7 Å². The molecule has 2 aromatic carbocycles. The number of hydrogen-bond acceptors (Lipinski definition) is 4. The number of carbonyl (C=O) groups is 2. The number of aryl methyl sites for hydroxylation is 3. The lowest BCUT2D eigenvalue weighted by Gasteiger charge is -2.22. The molecule has 2 rings (SSSR count). The third-order valence-electron chi connectivity index (χ3n) is 6.01. The molecule has 6 heteroatoms. The third-order valence-corrected chi connectivity index (χ3v) is 6.01. The van der Waals surface area contributed by atoms with E-state index in [9.17, 15) is 14.7 Å². The number of ether oxygens (including phenoxy) is 1. The molecule has 0 spiro atoms. The molecular formula is C30H38FNO4. The van der Waals surface area contributed by atoms with Gasteiger partial charge in [-0.05, 0) is 80.8 Å². The van der Waals surface area contributed by atoms with Crippen LogP contribution < -0.4 is 5.32 Å². The molecule has 0 unspecified atom stereocenters. The summed E-state index contributed by atoms with van der Waals surface area (Å²) >= 11 is 0. The van der Waals surface area contributed by atoms with E-state index in [-0.39, 0.29) is 25.0 Å². The Morgan fingerprint density at radius 3 is 2.56 bits per heavy atom. The number of aliphatic hydroxyl groups excluding tert-OH is 1. The van der Waals surface area contributed by atoms with Crippen LogP contribution >= 0.6 is 0 Å². The quantitative estimate of drug-likeness (QED) is 0.190. The van der Waals surface area contributed by atoms with Crippen molar-refractivity contribution in [3.8, 4) is 11.1 Å². The fraction of sp³-hybridized carbons (Fsp3) is 0.400. The van der Waals surface area contributed by atoms with Gasteiger partial charge in [0.2, 0.25) is 5.91 Å². The highest BCUT2D eigenvalue weighted by molar-refractivity contribution is 5.82. The minimum atomic E-state index is -1.35. The highest BCUT2D eigenvalue weighted by atomic mass is 19.1. The lowest BCUT2D eigenvalue weighted by atomic mass is 9.88. The molecule has 0 saturated heterocycles. The van der Waals surface area contributed by atoms with Gasteiger partial charge in [-0.2, -0.15) is 0 Å². The standard InChI is InChI=1S/C30H38FNO4/c1-6-9-10-11-13-22-17-20(4)16-21(5)29(22)23-14-15-25(31)24(18-23)26(19-28(34)36-8-3)32-30(35)27(33)12-7-2/h6-7,14-18,26-27,33H,1-2,8-13,19H2,3-5H3,(H,32,35)/t26-,27+/m0/s1. The number of allylic oxidation sites excluding steroid dienone is 1. The van der Waals surface area contributed by atoms with Crippen LogP contribution in [0.1, 0.15) is 67.3 Å². The lowest BCUT2D eigenvalue weighted by Crippen LogP contribution is -2.38. The number of unbranched alkanes of at least 4 members (excludes halogenated alkanes) is 2. The van der Waals surface area contributed by atoms with Crippen molar-refractivity contribution in [2.24, 2.45) is 0 Å². The second-order valence-electron chi connectivity index (χ2n) is 9.00. The maximum absolute atomic E-state index is 15.1. The summed E-state index contributed by atoms with van der Waals surface area (Å²) in [6.45, 7) is 13.2. The van der Waals surface area contributed by atoms with Crippen LogP contribution in [0.15, 0.2) is 55.6 Å². The number of aliphatic hydroxyl groups is 1. The first-order valence-corrected chi connectivity index (χ1v) is 12.5. The fourth-order valence-electron chi connectivity index (χ4n) is 4.39. The van der Waals surface area contributed by atoms with E-state index in [1.165, 1.54) is 17.7 Å². The Morgan fingerprint density at radius 1 is 1.14 bits per heavy atom. The first-order valence-electron chi connectivity index (χ1n) is 12.5. The Morgan fingerprint density at radius 2 is 1.89 bits per heavy atom. The van der Waals surface area contributed by atoms with Crippen molar-refractivity contribution >= 4 is 11.9 Å². The monoisotopic (exact) mass is 495 g/mol. The van der Waals surface area contributed by atoms with E-state index in [1.54, 1.807) is 19.1 Å². The summed E-state index contributed by atoms with van der Waals surface area (Å²) in [5, 5.41) is 12.7. The van der Waals surface area contributed by atoms with Crippen LogP contribution in [-0.2, 0) is 20.7 Å². The van der Waals surface area contributed by atoms with Crippen molar-refractivity contribution in [1.82, 2.24) is 5.32 Å². The average molecular weight is 496 g/mol. The van der Waals surface area contributed by atoms with Gasteiger partial charge in [-0.25, -0.2) is 4.39 Å². The molecule has 0 fully saturated rings. The predicted molar refractivity (Wildman–Crippen MR) is 142 cm³/mol. The normalized spacial score (nSPS) is 12.5. The number of halogens is 1. The molecule has 0 bridgehead atoms. The number of hydrogen-bond donors (Lipinski definition) is 2. The van der Waals surface area contributed by atoms with E-state index in [4.69, 9.17) is 4.74 Å². The highest BCUT2D eigenvalue weighted by Crippen LogP contribution is 2.33. The third kappa shape index (κ3) is 8.16. The second-order valence-corrected chi connectivity index (χ2v) is 9.00. The summed E-state index contributed by atoms with van der Waals surface area (Å²) in [7, 11) is 0. The maximum atomic E-state index is 15.1. The van der Waals surface area contributed by atoms with Gasteiger partial charge in [-0.15, -0.1) is 13.2 Å². The van der Waals surface area contributed by atoms with Gasteiger partial charge in [-0.1, -0.05) is 35.9 Å². The van der Waals surface area contributed by atoms with Gasteiger partial charge in [0, 0.05) is 12.0 Å². The first kappa shape index (κ1) is 29.0. The van der Waals surface area contributed by atoms with Crippen molar-refractivity contribution in [3.63, 3.8) is 0 Å². The number of nitrogens with one attached hydrogen (secondary N) is 1. The van der Waals surface area contributed by atoms with Crippen LogP contribution in [-0.4, -0.2) is 29.7 Å². The van der Waals surface area contributed by atoms with Gasteiger partial charge in [0.1, 0.15) is 11.9 Å². The fourth-order valence-corrected chi connectivity index (χ4v) is 4.39. The molecule has 0 radical (unpaired) electrons. The molecular weight excluding hydrogens is 457 g/mol. The number of carbonyl (C=O) groups excluding carboxylic acids is 2. The van der Waals surface area contributed by atoms with Crippen molar-refractivity contribution in [2.75, 3.05) is 6.61 Å². The molecule has 2 N–H and O–H groups in total. The zero-order valence-electron chi connectivity index (χ0n) is 21.6. The Labute approximate surface area is 214 Å². The van der Waals surface area contributed by atoms with Crippen molar-refractivity contribution in [2.45, 2.75) is 71.4 Å². The summed E-state index contributed by atoms with van der Waals surface area (Å²) in [6, 6.07) is 8.01. The molecule has 0 aliphatic carbocycles. The highest BCUT2D eigenvalue weighted by Gasteiger charge is 2.26. The number of amides is 1. The van der Waals surface area contributed by atoms with Crippen LogP contribution in [0.5, 0.6) is 0 Å². The Bertz CT molecular complexity index is 1080. The molecule has 0 aromatic heterocycles. The van der Waals surface area contributed by atoms with Gasteiger partial charge in [0.15, 0.2) is 0 Å². The minimum Gasteiger partial charge on any atom is -0.466 e. The number of benzene rings is 2. The molecule has 0 heterocycles. The summed E-state index contributed by atoms with van der Waals surface area (Å²) in [5.74, 6) is -1.83. The van der Waals surface area contributed by atoms with Crippen LogP contribution in [0.25, 0.3) is 11.1 Å². The molecule has 1 amide bonds. The van der Waals surface area contributed by atoms with E-state index in [2.05, 4.69) is 37.5 Å². The van der Waals surface area contributed by atoms with Gasteiger partial charge < -0.3 is 15.2 Å². The zero-order valence-corrected chi connectivity index (χ0v) is 21.6. The molecule has 0 aliphatic heterocycles. The van der Waals surface area contributed by atoms with E-state index >= 15 is 4.39 Å². The average Bonchev–Trinajstić information content (AvgIpc) is 2.82. The van der Waals surface area contributed by atoms with Gasteiger partial charge >= 0.3 is 5.97 Å². The number of esters is 1. The van der Waals surface area contributed by atoms with Crippen LogP contribution in [0.3, 0.4) is 0 Å². The zero-order chi connectivity index (χ0) is 26.7. The summed E-state index contributed by atoms with van der Waals surface area (Å²) in [5.41, 5.74) is 5.38.